The second-order valence-electron chi connectivity index (χ2n) is 8.01. The molecule has 2 aromatic carbocycles. The maximum absolute atomic E-state index is 12.9. The van der Waals surface area contributed by atoms with Crippen LogP contribution in [-0.2, 0) is 16.1 Å². The van der Waals surface area contributed by atoms with E-state index in [1.807, 2.05) is 0 Å². The van der Waals surface area contributed by atoms with Crippen LogP contribution in [0.4, 0.5) is 14.5 Å². The van der Waals surface area contributed by atoms with Gasteiger partial charge in [0.1, 0.15) is 6.04 Å². The molecule has 0 fully saturated rings. The van der Waals surface area contributed by atoms with E-state index in [1.54, 1.807) is 23.1 Å². The number of carbonyl (C=O) groups excluding carboxylic acids is 1. The number of aromatic nitrogens is 2. The Bertz CT molecular complexity index is 1420. The summed E-state index contributed by atoms with van der Waals surface area (Å²) in [6.45, 7) is 0.413. The quantitative estimate of drug-likeness (QED) is 0.286. The number of fused-ring (bicyclic) bond motifs is 1. The molecule has 1 amide bonds. The van der Waals surface area contributed by atoms with Crippen LogP contribution in [0, 0.1) is 12.3 Å². The molecule has 4 N–H and O–H groups in total. The van der Waals surface area contributed by atoms with Gasteiger partial charge in [0.15, 0.2) is 5.82 Å². The van der Waals surface area contributed by atoms with Crippen molar-refractivity contribution < 1.29 is 33.4 Å². The highest BCUT2D eigenvalue weighted by atomic mass is 19.3. The number of aromatic amines is 1. The molecule has 0 spiro atoms. The maximum Gasteiger partial charge on any atom is 0.326 e. The number of carbonyl (C=O) groups is 3. The maximum atomic E-state index is 12.9. The molecule has 37 heavy (non-hydrogen) atoms. The monoisotopic (exact) mass is 512 g/mol. The third kappa shape index (κ3) is 6.88. The number of terminal acetylenes is 1. The molecule has 1 aromatic heterocycles. The minimum atomic E-state index is -2.91. The number of hydrogen-bond donors (Lipinski definition) is 4. The number of carboxylic acid groups (broad SMARTS) is 2. The van der Waals surface area contributed by atoms with Crippen LogP contribution >= 0.6 is 0 Å². The second-order valence-corrected chi connectivity index (χ2v) is 8.01. The van der Waals surface area contributed by atoms with E-state index in [0.717, 1.165) is 0 Å². The number of anilines is 1. The largest absolute Gasteiger partial charge is 0.481 e. The van der Waals surface area contributed by atoms with Gasteiger partial charge < -0.3 is 25.4 Å². The van der Waals surface area contributed by atoms with Gasteiger partial charge >= 0.3 is 11.9 Å². The normalized spacial score (nSPS) is 11.6. The van der Waals surface area contributed by atoms with E-state index in [2.05, 4.69) is 21.2 Å². The molecular formula is C25H22F2N4O6. The number of nitrogens with zero attached hydrogens (tertiary/aromatic N) is 2. The summed E-state index contributed by atoms with van der Waals surface area (Å²) in [4.78, 5) is 54.4. The standard InChI is InChI=1S/C25H22F2N4O6/c1-2-11-31(13-14-3-8-18-17(12-14)24(35)30-22(28-18)21(26)27)16-6-4-15(5-7-16)23(34)29-19(25(36)37)9-10-20(32)33/h1,3-8,12,19,21H,9-11,13H2,(H,29,34)(H,32,33)(H,36,37)(H,28,30,35)/t19-/m0/s1. The highest BCUT2D eigenvalue weighted by Gasteiger charge is 2.22. The third-order valence-corrected chi connectivity index (χ3v) is 5.40. The Morgan fingerprint density at radius 2 is 1.84 bits per heavy atom. The average Bonchev–Trinajstić information content (AvgIpc) is 2.86. The molecule has 10 nitrogen and oxygen atoms in total. The molecule has 3 rings (SSSR count). The van der Waals surface area contributed by atoms with E-state index in [9.17, 15) is 33.1 Å². The molecule has 1 atom stereocenters. The average molecular weight is 512 g/mol. The number of aliphatic carboxylic acids is 2. The molecule has 12 heteroatoms. The van der Waals surface area contributed by atoms with Crippen molar-refractivity contribution in [1.29, 1.82) is 0 Å². The topological polar surface area (TPSA) is 153 Å². The molecule has 0 aliphatic carbocycles. The highest BCUT2D eigenvalue weighted by molar-refractivity contribution is 5.97. The first-order valence-electron chi connectivity index (χ1n) is 10.9. The van der Waals surface area contributed by atoms with Crippen LogP contribution in [0.15, 0.2) is 47.3 Å². The molecule has 192 valence electrons. The molecular weight excluding hydrogens is 490 g/mol. The van der Waals surface area contributed by atoms with Crippen molar-refractivity contribution in [3.8, 4) is 12.3 Å². The first-order chi connectivity index (χ1) is 17.6. The van der Waals surface area contributed by atoms with Crippen molar-refractivity contribution in [3.05, 3.63) is 69.8 Å². The van der Waals surface area contributed by atoms with E-state index in [4.69, 9.17) is 11.5 Å². The van der Waals surface area contributed by atoms with Crippen LogP contribution in [0.2, 0.25) is 0 Å². The fraction of sp³-hybridized carbons (Fsp3) is 0.240. The van der Waals surface area contributed by atoms with Crippen LogP contribution in [0.5, 0.6) is 0 Å². The molecule has 0 bridgehead atoms. The van der Waals surface area contributed by atoms with E-state index >= 15 is 0 Å². The molecule has 0 radical (unpaired) electrons. The van der Waals surface area contributed by atoms with Crippen molar-refractivity contribution in [3.63, 3.8) is 0 Å². The summed E-state index contributed by atoms with van der Waals surface area (Å²) in [5.41, 5.74) is 0.873. The number of halogens is 2. The Hall–Kier alpha value is -4.79. The lowest BCUT2D eigenvalue weighted by Crippen LogP contribution is -2.41. The lowest BCUT2D eigenvalue weighted by molar-refractivity contribution is -0.140. The SMILES string of the molecule is C#CCN(Cc1ccc2nc(C(F)F)[nH]c(=O)c2c1)c1ccc(C(=O)N[C@@H](CCC(=O)O)C(=O)O)cc1. The summed E-state index contributed by atoms with van der Waals surface area (Å²) in [7, 11) is 0. The first-order valence-corrected chi connectivity index (χ1v) is 10.9. The van der Waals surface area contributed by atoms with E-state index < -0.39 is 48.1 Å². The summed E-state index contributed by atoms with van der Waals surface area (Å²) in [5, 5.41) is 20.4. The van der Waals surface area contributed by atoms with Crippen LogP contribution in [0.3, 0.4) is 0 Å². The Morgan fingerprint density at radius 1 is 1.14 bits per heavy atom. The molecule has 0 unspecified atom stereocenters. The summed E-state index contributed by atoms with van der Waals surface area (Å²) < 4.78 is 25.8. The predicted octanol–water partition coefficient (Wildman–Crippen LogP) is 2.55. The number of carboxylic acids is 2. The van der Waals surface area contributed by atoms with Gasteiger partial charge in [0.05, 0.1) is 17.4 Å². The van der Waals surface area contributed by atoms with Crippen LogP contribution < -0.4 is 15.8 Å². The van der Waals surface area contributed by atoms with E-state index in [1.165, 1.54) is 24.3 Å². The minimum Gasteiger partial charge on any atom is -0.481 e. The van der Waals surface area contributed by atoms with Crippen molar-refractivity contribution in [2.45, 2.75) is 31.9 Å². The third-order valence-electron chi connectivity index (χ3n) is 5.40. The number of nitrogens with one attached hydrogen (secondary N) is 2. The van der Waals surface area contributed by atoms with Crippen molar-refractivity contribution in [1.82, 2.24) is 15.3 Å². The zero-order valence-electron chi connectivity index (χ0n) is 19.3. The van der Waals surface area contributed by atoms with Gasteiger partial charge in [0.25, 0.3) is 17.9 Å². The molecule has 3 aromatic rings. The van der Waals surface area contributed by atoms with Gasteiger partial charge in [0.2, 0.25) is 0 Å². The number of H-pyrrole nitrogens is 1. The lowest BCUT2D eigenvalue weighted by atomic mass is 10.1. The van der Waals surface area contributed by atoms with Gasteiger partial charge in [-0.25, -0.2) is 18.6 Å². The first kappa shape index (κ1) is 26.8. The van der Waals surface area contributed by atoms with E-state index in [-0.39, 0.29) is 36.0 Å². The number of rotatable bonds is 11. The van der Waals surface area contributed by atoms with E-state index in [0.29, 0.717) is 11.3 Å². The van der Waals surface area contributed by atoms with Crippen LogP contribution in [0.25, 0.3) is 10.9 Å². The number of hydrogen-bond acceptors (Lipinski definition) is 6. The van der Waals surface area contributed by atoms with Gasteiger partial charge in [-0.1, -0.05) is 12.0 Å². The second kappa shape index (κ2) is 11.8. The van der Waals surface area contributed by atoms with Crippen molar-refractivity contribution in [2.75, 3.05) is 11.4 Å². The predicted molar refractivity (Wildman–Crippen MR) is 129 cm³/mol. The summed E-state index contributed by atoms with van der Waals surface area (Å²) >= 11 is 0. The smallest absolute Gasteiger partial charge is 0.326 e. The van der Waals surface area contributed by atoms with Crippen molar-refractivity contribution in [2.24, 2.45) is 0 Å². The highest BCUT2D eigenvalue weighted by Crippen LogP contribution is 2.21. The zero-order chi connectivity index (χ0) is 27.1. The van der Waals surface area contributed by atoms with Crippen LogP contribution in [-0.4, -0.2) is 50.6 Å². The summed E-state index contributed by atoms with van der Waals surface area (Å²) in [5.74, 6) is -1.39. The fourth-order valence-electron chi connectivity index (χ4n) is 3.57. The number of amides is 1. The number of alkyl halides is 2. The van der Waals surface area contributed by atoms with Gasteiger partial charge in [0, 0.05) is 24.2 Å². The fourth-order valence-corrected chi connectivity index (χ4v) is 3.57. The molecule has 1 heterocycles. The van der Waals surface area contributed by atoms with Gasteiger partial charge in [-0.3, -0.25) is 14.4 Å². The number of benzene rings is 2. The Balaban J connectivity index is 1.77. The zero-order valence-corrected chi connectivity index (χ0v) is 19.3. The Morgan fingerprint density at radius 3 is 2.43 bits per heavy atom. The lowest BCUT2D eigenvalue weighted by Gasteiger charge is -2.23. The van der Waals surface area contributed by atoms with Gasteiger partial charge in [-0.15, -0.1) is 6.42 Å². The Labute approximate surface area is 208 Å². The Kier molecular flexibility index (Phi) is 8.52. The molecule has 0 saturated carbocycles. The van der Waals surface area contributed by atoms with Gasteiger partial charge in [-0.2, -0.15) is 0 Å². The summed E-state index contributed by atoms with van der Waals surface area (Å²) in [6, 6.07) is 9.41. The molecule has 0 aliphatic heterocycles. The minimum absolute atomic E-state index is 0.129. The van der Waals surface area contributed by atoms with Crippen molar-refractivity contribution >= 4 is 34.4 Å². The molecule has 0 saturated heterocycles. The molecule has 0 aliphatic rings. The summed E-state index contributed by atoms with van der Waals surface area (Å²) in [6.07, 6.45) is 1.91. The van der Waals surface area contributed by atoms with Crippen LogP contribution in [0.1, 0.15) is 41.0 Å². The van der Waals surface area contributed by atoms with Gasteiger partial charge in [-0.05, 0) is 48.4 Å².